The van der Waals surface area contributed by atoms with Crippen LogP contribution in [0.1, 0.15) is 5.56 Å². The molecule has 0 saturated heterocycles. The lowest BCUT2D eigenvalue weighted by atomic mass is 10.2. The molecule has 0 spiro atoms. The largest absolute Gasteiger partial charge is 0.436 e. The second-order valence-corrected chi connectivity index (χ2v) is 4.67. The first-order valence-corrected chi connectivity index (χ1v) is 6.64. The molecule has 0 radical (unpaired) electrons. The average Bonchev–Trinajstić information content (AvgIpc) is 2.54. The van der Waals surface area contributed by atoms with Crippen molar-refractivity contribution in [3.8, 4) is 5.75 Å². The Hall–Kier alpha value is -3.29. The van der Waals surface area contributed by atoms with E-state index in [2.05, 4.69) is 10.3 Å². The van der Waals surface area contributed by atoms with Crippen LogP contribution < -0.4 is 4.74 Å². The summed E-state index contributed by atoms with van der Waals surface area (Å²) in [7, 11) is 1.39. The maximum absolute atomic E-state index is 11.8. The van der Waals surface area contributed by atoms with Gasteiger partial charge in [-0.1, -0.05) is 22.9 Å². The van der Waals surface area contributed by atoms with Crippen molar-refractivity contribution in [2.24, 2.45) is 10.3 Å². The number of carbonyl (C=O) groups is 1. The van der Waals surface area contributed by atoms with Crippen LogP contribution in [0.25, 0.3) is 0 Å². The molecule has 0 aromatic heterocycles. The minimum atomic E-state index is -0.755. The van der Waals surface area contributed by atoms with E-state index in [1.54, 1.807) is 12.1 Å². The molecule has 0 bridgehead atoms. The maximum atomic E-state index is 11.8. The van der Waals surface area contributed by atoms with Gasteiger partial charge in [-0.15, -0.1) is 5.11 Å². The Morgan fingerprint density at radius 3 is 2.30 bits per heavy atom. The smallest absolute Gasteiger partial charge is 0.409 e. The Morgan fingerprint density at radius 2 is 1.74 bits per heavy atom. The average molecular weight is 314 g/mol. The molecule has 0 N–H and O–H groups in total. The van der Waals surface area contributed by atoms with Gasteiger partial charge in [0, 0.05) is 19.2 Å². The quantitative estimate of drug-likeness (QED) is 0.483. The standard InChI is InChI=1S/C15H14N4O4/c1-11-3-5-12(6-4-11)16-17-18(2)15(20)23-14-9-7-13(8-10-14)19(21)22/h3-10H,1-2H3. The topological polar surface area (TPSA) is 97.4 Å². The molecule has 0 aliphatic carbocycles. The van der Waals surface area contributed by atoms with Crippen LogP contribution in [-0.2, 0) is 0 Å². The van der Waals surface area contributed by atoms with E-state index < -0.39 is 11.0 Å². The summed E-state index contributed by atoms with van der Waals surface area (Å²) in [6.07, 6.45) is -0.755. The van der Waals surface area contributed by atoms with Gasteiger partial charge in [-0.05, 0) is 31.2 Å². The Balaban J connectivity index is 1.96. The number of hydrogen-bond donors (Lipinski definition) is 0. The minimum absolute atomic E-state index is 0.0859. The first-order valence-electron chi connectivity index (χ1n) is 6.64. The van der Waals surface area contributed by atoms with Gasteiger partial charge in [0.05, 0.1) is 10.6 Å². The molecular weight excluding hydrogens is 300 g/mol. The molecule has 0 fully saturated rings. The molecule has 8 heteroatoms. The summed E-state index contributed by atoms with van der Waals surface area (Å²) in [5.41, 5.74) is 1.61. The Labute approximate surface area is 132 Å². The van der Waals surface area contributed by atoms with E-state index in [9.17, 15) is 14.9 Å². The van der Waals surface area contributed by atoms with E-state index in [0.717, 1.165) is 10.6 Å². The van der Waals surface area contributed by atoms with Crippen LogP contribution in [-0.4, -0.2) is 23.1 Å². The summed E-state index contributed by atoms with van der Waals surface area (Å²) in [5, 5.41) is 19.1. The molecule has 2 rings (SSSR count). The number of nitro benzene ring substituents is 1. The number of nitro groups is 1. The van der Waals surface area contributed by atoms with Crippen LogP contribution in [0.15, 0.2) is 58.9 Å². The van der Waals surface area contributed by atoms with Crippen molar-refractivity contribution in [3.05, 3.63) is 64.2 Å². The predicted octanol–water partition coefficient (Wildman–Crippen LogP) is 4.03. The third-order valence-electron chi connectivity index (χ3n) is 2.85. The number of hydrogen-bond acceptors (Lipinski definition) is 6. The van der Waals surface area contributed by atoms with Crippen LogP contribution in [0.5, 0.6) is 5.75 Å². The van der Waals surface area contributed by atoms with E-state index in [1.807, 2.05) is 19.1 Å². The zero-order valence-corrected chi connectivity index (χ0v) is 12.5. The molecule has 0 heterocycles. The van der Waals surface area contributed by atoms with Crippen LogP contribution in [0.3, 0.4) is 0 Å². The van der Waals surface area contributed by atoms with Crippen LogP contribution in [0.4, 0.5) is 16.2 Å². The van der Waals surface area contributed by atoms with Crippen molar-refractivity contribution in [2.45, 2.75) is 6.92 Å². The molecule has 23 heavy (non-hydrogen) atoms. The molecule has 0 atom stereocenters. The Kier molecular flexibility index (Phi) is 4.98. The lowest BCUT2D eigenvalue weighted by Gasteiger charge is -2.09. The molecule has 0 aliphatic rings. The SMILES string of the molecule is Cc1ccc(N=NN(C)C(=O)Oc2ccc([N+](=O)[O-])cc2)cc1. The molecule has 0 saturated carbocycles. The number of aryl methyl sites for hydroxylation is 1. The number of amides is 1. The van der Waals surface area contributed by atoms with Gasteiger partial charge < -0.3 is 4.74 Å². The molecular formula is C15H14N4O4. The molecule has 118 valence electrons. The maximum Gasteiger partial charge on any atom is 0.436 e. The van der Waals surface area contributed by atoms with Crippen molar-refractivity contribution >= 4 is 17.5 Å². The summed E-state index contributed by atoms with van der Waals surface area (Å²) in [6.45, 7) is 1.95. The summed E-state index contributed by atoms with van der Waals surface area (Å²) in [6, 6.07) is 12.5. The number of benzene rings is 2. The van der Waals surface area contributed by atoms with Gasteiger partial charge in [0.15, 0.2) is 0 Å². The zero-order chi connectivity index (χ0) is 16.8. The van der Waals surface area contributed by atoms with Crippen LogP contribution >= 0.6 is 0 Å². The fourth-order valence-corrected chi connectivity index (χ4v) is 1.57. The third-order valence-corrected chi connectivity index (χ3v) is 2.85. The third kappa shape index (κ3) is 4.60. The van der Waals surface area contributed by atoms with Crippen molar-refractivity contribution < 1.29 is 14.5 Å². The minimum Gasteiger partial charge on any atom is -0.409 e. The molecule has 0 aliphatic heterocycles. The second-order valence-electron chi connectivity index (χ2n) is 4.67. The molecule has 2 aromatic rings. The van der Waals surface area contributed by atoms with Crippen molar-refractivity contribution in [1.82, 2.24) is 5.01 Å². The van der Waals surface area contributed by atoms with Gasteiger partial charge in [0.1, 0.15) is 5.75 Å². The van der Waals surface area contributed by atoms with E-state index in [0.29, 0.717) is 5.69 Å². The number of ether oxygens (including phenoxy) is 1. The van der Waals surface area contributed by atoms with E-state index in [1.165, 1.54) is 31.3 Å². The summed E-state index contributed by atoms with van der Waals surface area (Å²) >= 11 is 0. The van der Waals surface area contributed by atoms with Gasteiger partial charge >= 0.3 is 6.09 Å². The van der Waals surface area contributed by atoms with E-state index in [-0.39, 0.29) is 11.4 Å². The van der Waals surface area contributed by atoms with Gasteiger partial charge in [-0.25, -0.2) is 4.79 Å². The van der Waals surface area contributed by atoms with Gasteiger partial charge in [0.25, 0.3) is 5.69 Å². The number of nitrogens with zero attached hydrogens (tertiary/aromatic N) is 4. The number of non-ortho nitro benzene ring substituents is 1. The molecule has 1 amide bonds. The highest BCUT2D eigenvalue weighted by Gasteiger charge is 2.12. The van der Waals surface area contributed by atoms with Crippen molar-refractivity contribution in [3.63, 3.8) is 0 Å². The van der Waals surface area contributed by atoms with Crippen molar-refractivity contribution in [1.29, 1.82) is 0 Å². The van der Waals surface area contributed by atoms with E-state index in [4.69, 9.17) is 4.74 Å². The van der Waals surface area contributed by atoms with Gasteiger partial charge in [-0.2, -0.15) is 5.01 Å². The fraction of sp³-hybridized carbons (Fsp3) is 0.133. The van der Waals surface area contributed by atoms with Crippen LogP contribution in [0.2, 0.25) is 0 Å². The lowest BCUT2D eigenvalue weighted by molar-refractivity contribution is -0.384. The predicted molar refractivity (Wildman–Crippen MR) is 82.6 cm³/mol. The fourth-order valence-electron chi connectivity index (χ4n) is 1.57. The Bertz CT molecular complexity index is 726. The molecule has 0 unspecified atom stereocenters. The van der Waals surface area contributed by atoms with Crippen molar-refractivity contribution in [2.75, 3.05) is 7.05 Å². The van der Waals surface area contributed by atoms with E-state index >= 15 is 0 Å². The number of rotatable bonds is 4. The second kappa shape index (κ2) is 7.12. The molecule has 2 aromatic carbocycles. The highest BCUT2D eigenvalue weighted by Crippen LogP contribution is 2.18. The van der Waals surface area contributed by atoms with Crippen LogP contribution in [0, 0.1) is 17.0 Å². The highest BCUT2D eigenvalue weighted by molar-refractivity contribution is 5.70. The lowest BCUT2D eigenvalue weighted by Crippen LogP contribution is -2.24. The summed E-state index contributed by atoms with van der Waals surface area (Å²) < 4.78 is 5.03. The van der Waals surface area contributed by atoms with Gasteiger partial charge in [0.2, 0.25) is 0 Å². The molecule has 8 nitrogen and oxygen atoms in total. The monoisotopic (exact) mass is 314 g/mol. The first kappa shape index (κ1) is 16.1. The summed E-state index contributed by atoms with van der Waals surface area (Å²) in [5.74, 6) is 0.179. The van der Waals surface area contributed by atoms with Gasteiger partial charge in [-0.3, -0.25) is 10.1 Å². The zero-order valence-electron chi connectivity index (χ0n) is 12.5. The number of carbonyl (C=O) groups excluding carboxylic acids is 1. The summed E-state index contributed by atoms with van der Waals surface area (Å²) in [4.78, 5) is 21.8. The normalized spacial score (nSPS) is 10.5. The highest BCUT2D eigenvalue weighted by atomic mass is 16.6. The first-order chi connectivity index (χ1) is 11.0. The Morgan fingerprint density at radius 1 is 1.13 bits per heavy atom.